The first kappa shape index (κ1) is 81.4. The van der Waals surface area contributed by atoms with Crippen LogP contribution >= 0.6 is 0 Å². The molecular formula is C65H115N11O14. The summed E-state index contributed by atoms with van der Waals surface area (Å²) in [6.45, 7) is 29.9. The van der Waals surface area contributed by atoms with Gasteiger partial charge in [-0.2, -0.15) is 0 Å². The lowest BCUT2D eigenvalue weighted by molar-refractivity contribution is -0.160. The van der Waals surface area contributed by atoms with E-state index in [9.17, 15) is 53.1 Å². The Hall–Kier alpha value is -6.66. The number of esters is 1. The van der Waals surface area contributed by atoms with E-state index in [4.69, 9.17) is 4.74 Å². The molecule has 0 aromatic rings. The van der Waals surface area contributed by atoms with E-state index in [1.165, 1.54) is 82.8 Å². The Labute approximate surface area is 537 Å². The fourth-order valence-electron chi connectivity index (χ4n) is 11.1. The van der Waals surface area contributed by atoms with E-state index < -0.39 is 167 Å². The molecule has 0 aromatic carbocycles. The normalized spacial score (nSPS) is 26.1. The fraction of sp³-hybridized carbons (Fsp3) is 0.785. The number of nitrogens with one attached hydrogen (secondary N) is 4. The third kappa shape index (κ3) is 22.9. The molecule has 1 rings (SSSR count). The number of likely N-dealkylation sites (N-methyl/N-ethyl adjacent to an activating group) is 7. The Morgan fingerprint density at radius 3 is 1.47 bits per heavy atom. The summed E-state index contributed by atoms with van der Waals surface area (Å²) < 4.78 is 5.72. The highest BCUT2D eigenvalue weighted by molar-refractivity contribution is 5.99. The van der Waals surface area contributed by atoms with Crippen LogP contribution in [0, 0.1) is 35.5 Å². The van der Waals surface area contributed by atoms with E-state index in [0.29, 0.717) is 0 Å². The van der Waals surface area contributed by atoms with Gasteiger partial charge in [0, 0.05) is 62.2 Å². The molecule has 12 atom stereocenters. The summed E-state index contributed by atoms with van der Waals surface area (Å²) in [5.74, 6) is -11.1. The van der Waals surface area contributed by atoms with Gasteiger partial charge in [0.25, 0.3) is 0 Å². The first-order valence-corrected chi connectivity index (χ1v) is 32.0. The highest BCUT2D eigenvalue weighted by atomic mass is 16.6. The van der Waals surface area contributed by atoms with Crippen LogP contribution in [0.1, 0.15) is 170 Å². The van der Waals surface area contributed by atoms with Crippen molar-refractivity contribution in [1.82, 2.24) is 55.6 Å². The molecule has 514 valence electrons. The number of amides is 11. The molecule has 1 fully saturated rings. The van der Waals surface area contributed by atoms with Gasteiger partial charge < -0.3 is 65.4 Å². The Kier molecular flexibility index (Phi) is 32.9. The zero-order chi connectivity index (χ0) is 69.9. The molecule has 90 heavy (non-hydrogen) atoms. The Morgan fingerprint density at radius 2 is 1.00 bits per heavy atom. The van der Waals surface area contributed by atoms with Gasteiger partial charge in [0.2, 0.25) is 65.0 Å². The predicted octanol–water partition coefficient (Wildman–Crippen LogP) is 3.34. The third-order valence-electron chi connectivity index (χ3n) is 16.7. The van der Waals surface area contributed by atoms with Gasteiger partial charge in [-0.1, -0.05) is 102 Å². The number of allylic oxidation sites excluding steroid dienone is 2. The minimum Gasteiger partial charge on any atom is -0.460 e. The zero-order valence-electron chi connectivity index (χ0n) is 59.0. The minimum absolute atomic E-state index is 0.00422. The predicted molar refractivity (Wildman–Crippen MR) is 344 cm³/mol. The first-order valence-electron chi connectivity index (χ1n) is 32.0. The van der Waals surface area contributed by atoms with E-state index in [2.05, 4.69) is 21.3 Å². The van der Waals surface area contributed by atoms with Crippen molar-refractivity contribution in [2.45, 2.75) is 242 Å². The first-order chi connectivity index (χ1) is 41.5. The molecule has 2 unspecified atom stereocenters. The second kappa shape index (κ2) is 36.4. The van der Waals surface area contributed by atoms with Crippen molar-refractivity contribution in [3.05, 3.63) is 12.2 Å². The number of aliphatic hydroxyl groups excluding tert-OH is 1. The Bertz CT molecular complexity index is 2520. The van der Waals surface area contributed by atoms with Crippen LogP contribution in [0.2, 0.25) is 0 Å². The number of carbonyl (C=O) groups is 12. The van der Waals surface area contributed by atoms with Gasteiger partial charge in [0.1, 0.15) is 66.0 Å². The third-order valence-corrected chi connectivity index (χ3v) is 16.7. The maximum absolute atomic E-state index is 15.2. The summed E-state index contributed by atoms with van der Waals surface area (Å²) in [5.41, 5.74) is -1.38. The van der Waals surface area contributed by atoms with Crippen molar-refractivity contribution in [2.75, 3.05) is 55.9 Å². The van der Waals surface area contributed by atoms with Crippen molar-refractivity contribution >= 4 is 70.9 Å². The molecule has 0 bridgehead atoms. The number of nitrogens with zero attached hydrogens (tertiary/aromatic N) is 7. The zero-order valence-corrected chi connectivity index (χ0v) is 59.0. The molecule has 0 spiro atoms. The van der Waals surface area contributed by atoms with Crippen LogP contribution in [0.3, 0.4) is 0 Å². The average molecular weight is 1270 g/mol. The van der Waals surface area contributed by atoms with Crippen LogP contribution in [0.25, 0.3) is 0 Å². The maximum atomic E-state index is 15.2. The van der Waals surface area contributed by atoms with Crippen molar-refractivity contribution in [3.8, 4) is 0 Å². The van der Waals surface area contributed by atoms with Crippen LogP contribution < -0.4 is 21.3 Å². The largest absolute Gasteiger partial charge is 0.460 e. The molecule has 11 amide bonds. The minimum atomic E-state index is -1.65. The highest BCUT2D eigenvalue weighted by Crippen LogP contribution is 2.27. The smallest absolute Gasteiger partial charge is 0.306 e. The number of hydrogen-bond acceptors (Lipinski definition) is 14. The number of aliphatic hydroxyl groups is 1. The number of carbonyl (C=O) groups excluding carboxylic acids is 12. The standard InChI is InChI=1S/C65H115N11O14/c1-26-29-30-41(14)54(79)53-58(83)68-44(27-2)60(85)70(19)35-49(77)71(20)48(34-65(17,18)90-50(78)28-3)57(82)69-51(39(10)11)63(88)72(21)45(31-36(4)5)56(81)66-42(15)55(80)67-43(16)59(84)73(22)46(32-37(6)7)61(86)74(23)47(33-38(8)9)62(87)75(24)52(40(12)13)64(89)76(53)25/h26,29,36-48,51-54,79H,27-28,30-35H2,1-25H3,(H,66,81)(H,67,80)(H,68,83)(H,69,82)/b29-26+/t41?,42-,43+,44-,45-,46-,47-,48-,51-,52-,53-,54?/m0/s1. The Balaban J connectivity index is 4.43. The van der Waals surface area contributed by atoms with E-state index >= 15 is 9.59 Å². The second-order valence-electron chi connectivity index (χ2n) is 27.3. The molecule has 1 aliphatic rings. The van der Waals surface area contributed by atoms with Crippen LogP contribution in [0.5, 0.6) is 0 Å². The molecule has 5 N–H and O–H groups in total. The summed E-state index contributed by atoms with van der Waals surface area (Å²) in [5, 5.41) is 23.0. The van der Waals surface area contributed by atoms with Crippen molar-refractivity contribution in [2.24, 2.45) is 35.5 Å². The van der Waals surface area contributed by atoms with Gasteiger partial charge >= 0.3 is 5.97 Å². The summed E-state index contributed by atoms with van der Waals surface area (Å²) in [6.07, 6.45) is 2.36. The molecule has 25 heteroatoms. The van der Waals surface area contributed by atoms with Crippen LogP contribution in [0.4, 0.5) is 0 Å². The molecule has 0 aromatic heterocycles. The molecule has 0 radical (unpaired) electrons. The number of ether oxygens (including phenoxy) is 1. The summed E-state index contributed by atoms with van der Waals surface area (Å²) in [7, 11) is 9.66. The lowest BCUT2D eigenvalue weighted by Crippen LogP contribution is -2.63. The summed E-state index contributed by atoms with van der Waals surface area (Å²) >= 11 is 0. The van der Waals surface area contributed by atoms with Crippen LogP contribution in [0.15, 0.2) is 12.2 Å². The van der Waals surface area contributed by atoms with E-state index in [1.807, 2.05) is 41.5 Å². The molecule has 1 saturated heterocycles. The lowest BCUT2D eigenvalue weighted by Gasteiger charge is -2.41. The molecule has 0 saturated carbocycles. The van der Waals surface area contributed by atoms with Gasteiger partial charge in [-0.15, -0.1) is 0 Å². The van der Waals surface area contributed by atoms with Gasteiger partial charge in [-0.05, 0) is 102 Å². The monoisotopic (exact) mass is 1270 g/mol. The quantitative estimate of drug-likeness (QED) is 0.103. The van der Waals surface area contributed by atoms with Crippen LogP contribution in [-0.4, -0.2) is 238 Å². The van der Waals surface area contributed by atoms with E-state index in [1.54, 1.807) is 81.4 Å². The van der Waals surface area contributed by atoms with Crippen molar-refractivity contribution in [3.63, 3.8) is 0 Å². The molecule has 1 aliphatic heterocycles. The SMILES string of the molecule is C/C=C/CC(C)C(O)[C@H]1C(=O)N[C@@H](CC)C(=O)N(C)CC(=O)N(C)[C@@H](CC(C)(C)OC(=O)CC)C(=O)N[C@@H](C(C)C)C(=O)N(C)[C@@H](CC(C)C)C(=O)N[C@@H](C)C(=O)N[C@H](C)C(=O)N(C)[C@@H](CC(C)C)C(=O)N(C)[C@@H](CC(C)C)C(=O)N(C)[C@@H](C(C)C)C(=O)N1C. The molecule has 1 heterocycles. The van der Waals surface area contributed by atoms with Gasteiger partial charge in [-0.25, -0.2) is 0 Å². The van der Waals surface area contributed by atoms with Gasteiger partial charge in [0.15, 0.2) is 0 Å². The maximum Gasteiger partial charge on any atom is 0.306 e. The van der Waals surface area contributed by atoms with E-state index in [0.717, 1.165) is 14.7 Å². The number of hydrogen-bond donors (Lipinski definition) is 5. The topological polar surface area (TPSA) is 305 Å². The Morgan fingerprint density at radius 1 is 0.544 bits per heavy atom. The number of rotatable bonds is 17. The summed E-state index contributed by atoms with van der Waals surface area (Å²) in [4.78, 5) is 182. The lowest BCUT2D eigenvalue weighted by atomic mass is 9.91. The van der Waals surface area contributed by atoms with Crippen molar-refractivity contribution in [1.29, 1.82) is 0 Å². The highest BCUT2D eigenvalue weighted by Gasteiger charge is 2.46. The van der Waals surface area contributed by atoms with Gasteiger partial charge in [-0.3, -0.25) is 57.5 Å². The van der Waals surface area contributed by atoms with Crippen LogP contribution in [-0.2, 0) is 62.3 Å². The van der Waals surface area contributed by atoms with Crippen molar-refractivity contribution < 1.29 is 67.4 Å². The second-order valence-corrected chi connectivity index (χ2v) is 27.3. The average Bonchev–Trinajstić information content (AvgIpc) is 1.61. The summed E-state index contributed by atoms with van der Waals surface area (Å²) in [6, 6.07) is -13.1. The molecule has 0 aliphatic carbocycles. The molecular weight excluding hydrogens is 1160 g/mol. The molecule has 25 nitrogen and oxygen atoms in total. The van der Waals surface area contributed by atoms with E-state index in [-0.39, 0.29) is 62.7 Å². The van der Waals surface area contributed by atoms with Gasteiger partial charge in [0.05, 0.1) is 12.6 Å². The fourth-order valence-corrected chi connectivity index (χ4v) is 11.1.